The molecule has 0 bridgehead atoms. The van der Waals surface area contributed by atoms with Crippen LogP contribution in [0.2, 0.25) is 0 Å². The minimum absolute atomic E-state index is 0.654. The highest BCUT2D eigenvalue weighted by molar-refractivity contribution is 7.88. The van der Waals surface area contributed by atoms with Gasteiger partial charge in [0, 0.05) is 32.7 Å². The molecule has 0 radical (unpaired) electrons. The van der Waals surface area contributed by atoms with Crippen molar-refractivity contribution in [2.45, 2.75) is 19.3 Å². The average molecular weight is 258 g/mol. The van der Waals surface area contributed by atoms with Gasteiger partial charge in [-0.05, 0) is 25.2 Å². The van der Waals surface area contributed by atoms with Gasteiger partial charge in [0.2, 0.25) is 10.0 Å². The van der Waals surface area contributed by atoms with Crippen molar-refractivity contribution in [1.29, 1.82) is 0 Å². The summed E-state index contributed by atoms with van der Waals surface area (Å²) >= 11 is 0. The van der Waals surface area contributed by atoms with E-state index in [4.69, 9.17) is 0 Å². The summed E-state index contributed by atoms with van der Waals surface area (Å²) < 4.78 is 24.4. The Bertz CT molecular complexity index is 370. The van der Waals surface area contributed by atoms with Gasteiger partial charge in [-0.2, -0.15) is 4.31 Å². The molecule has 0 aromatic carbocycles. The lowest BCUT2D eigenvalue weighted by Crippen LogP contribution is -2.49. The lowest BCUT2D eigenvalue weighted by Gasteiger charge is -2.35. The zero-order valence-corrected chi connectivity index (χ0v) is 11.3. The molecule has 0 aromatic rings. The minimum Gasteiger partial charge on any atom is -0.300 e. The first kappa shape index (κ1) is 13.1. The second-order valence-electron chi connectivity index (χ2n) is 5.11. The van der Waals surface area contributed by atoms with Crippen LogP contribution in [-0.4, -0.2) is 56.6 Å². The van der Waals surface area contributed by atoms with Crippen molar-refractivity contribution in [3.63, 3.8) is 0 Å². The monoisotopic (exact) mass is 258 g/mol. The normalized spacial score (nSPS) is 28.4. The highest BCUT2D eigenvalue weighted by Crippen LogP contribution is 2.20. The van der Waals surface area contributed by atoms with E-state index >= 15 is 0 Å². The third-order valence-corrected chi connectivity index (χ3v) is 5.00. The fourth-order valence-corrected chi connectivity index (χ4v) is 3.46. The molecule has 0 N–H and O–H groups in total. The lowest BCUT2D eigenvalue weighted by atomic mass is 9.94. The van der Waals surface area contributed by atoms with Crippen molar-refractivity contribution in [1.82, 2.24) is 9.21 Å². The molecule has 1 aliphatic heterocycles. The zero-order chi connectivity index (χ0) is 12.3. The Morgan fingerprint density at radius 1 is 1.18 bits per heavy atom. The molecular formula is C12H22N2O2S. The average Bonchev–Trinajstić information content (AvgIpc) is 2.30. The van der Waals surface area contributed by atoms with E-state index < -0.39 is 10.0 Å². The van der Waals surface area contributed by atoms with Crippen LogP contribution in [0.25, 0.3) is 0 Å². The van der Waals surface area contributed by atoms with Crippen molar-refractivity contribution in [3.8, 4) is 0 Å². The maximum Gasteiger partial charge on any atom is 0.211 e. The van der Waals surface area contributed by atoms with Gasteiger partial charge in [0.1, 0.15) is 0 Å². The van der Waals surface area contributed by atoms with Crippen LogP contribution in [0.1, 0.15) is 19.3 Å². The van der Waals surface area contributed by atoms with E-state index in [9.17, 15) is 8.42 Å². The maximum absolute atomic E-state index is 11.4. The third kappa shape index (κ3) is 3.79. The summed E-state index contributed by atoms with van der Waals surface area (Å²) in [5.74, 6) is 0.768. The van der Waals surface area contributed by atoms with E-state index in [1.54, 1.807) is 4.31 Å². The van der Waals surface area contributed by atoms with Gasteiger partial charge < -0.3 is 4.90 Å². The molecular weight excluding hydrogens is 236 g/mol. The van der Waals surface area contributed by atoms with Crippen LogP contribution in [-0.2, 0) is 10.0 Å². The molecule has 1 fully saturated rings. The second-order valence-corrected chi connectivity index (χ2v) is 7.10. The molecule has 0 saturated carbocycles. The topological polar surface area (TPSA) is 40.6 Å². The maximum atomic E-state index is 11.4. The fraction of sp³-hybridized carbons (Fsp3) is 0.833. The number of rotatable bonds is 3. The zero-order valence-electron chi connectivity index (χ0n) is 10.5. The summed E-state index contributed by atoms with van der Waals surface area (Å²) in [6.07, 6.45) is 9.51. The molecule has 4 nitrogen and oxygen atoms in total. The predicted octanol–water partition coefficient (Wildman–Crippen LogP) is 0.920. The molecule has 2 aliphatic rings. The Morgan fingerprint density at radius 3 is 2.41 bits per heavy atom. The molecule has 1 atom stereocenters. The first-order valence-corrected chi connectivity index (χ1v) is 8.23. The predicted molar refractivity (Wildman–Crippen MR) is 69.3 cm³/mol. The molecule has 2 rings (SSSR count). The van der Waals surface area contributed by atoms with Gasteiger partial charge in [-0.3, -0.25) is 0 Å². The van der Waals surface area contributed by atoms with E-state index in [1.807, 2.05) is 0 Å². The van der Waals surface area contributed by atoms with Gasteiger partial charge >= 0.3 is 0 Å². The number of allylic oxidation sites excluding steroid dienone is 2. The Balaban J connectivity index is 1.77. The standard InChI is InChI=1S/C12H22N2O2S/c1-17(15,16)14-9-7-13(8-10-14)11-12-5-3-2-4-6-12/h2-3,12H,4-11H2,1H3. The van der Waals surface area contributed by atoms with Crippen LogP contribution in [0.15, 0.2) is 12.2 Å². The molecule has 1 unspecified atom stereocenters. The highest BCUT2D eigenvalue weighted by Gasteiger charge is 2.24. The quantitative estimate of drug-likeness (QED) is 0.707. The first-order valence-electron chi connectivity index (χ1n) is 6.38. The SMILES string of the molecule is CS(=O)(=O)N1CCN(CC2CC=CCC2)CC1. The van der Waals surface area contributed by atoms with Crippen LogP contribution in [0.5, 0.6) is 0 Å². The smallest absolute Gasteiger partial charge is 0.211 e. The van der Waals surface area contributed by atoms with Gasteiger partial charge in [-0.15, -0.1) is 0 Å². The summed E-state index contributed by atoms with van der Waals surface area (Å²) in [4.78, 5) is 2.41. The van der Waals surface area contributed by atoms with Crippen LogP contribution in [0, 0.1) is 5.92 Å². The molecule has 1 saturated heterocycles. The molecule has 0 spiro atoms. The molecule has 98 valence electrons. The first-order chi connectivity index (χ1) is 8.05. The van der Waals surface area contributed by atoms with Crippen molar-refractivity contribution in [3.05, 3.63) is 12.2 Å². The number of sulfonamides is 1. The fourth-order valence-electron chi connectivity index (χ4n) is 2.63. The van der Waals surface area contributed by atoms with Crippen molar-refractivity contribution in [2.24, 2.45) is 5.92 Å². The van der Waals surface area contributed by atoms with Crippen LogP contribution < -0.4 is 0 Å². The number of hydrogen-bond acceptors (Lipinski definition) is 3. The summed E-state index contributed by atoms with van der Waals surface area (Å²) in [5, 5.41) is 0. The van der Waals surface area contributed by atoms with E-state index in [0.717, 1.165) is 25.6 Å². The lowest BCUT2D eigenvalue weighted by molar-refractivity contribution is 0.161. The number of piperazine rings is 1. The number of nitrogens with zero attached hydrogens (tertiary/aromatic N) is 2. The second kappa shape index (κ2) is 5.50. The highest BCUT2D eigenvalue weighted by atomic mass is 32.2. The summed E-state index contributed by atoms with van der Waals surface area (Å²) in [5.41, 5.74) is 0. The number of hydrogen-bond donors (Lipinski definition) is 0. The van der Waals surface area contributed by atoms with Gasteiger partial charge in [0.25, 0.3) is 0 Å². The minimum atomic E-state index is -2.99. The van der Waals surface area contributed by atoms with E-state index in [0.29, 0.717) is 13.1 Å². The van der Waals surface area contributed by atoms with Crippen LogP contribution in [0.4, 0.5) is 0 Å². The summed E-state index contributed by atoms with van der Waals surface area (Å²) in [7, 11) is -2.99. The van der Waals surface area contributed by atoms with Crippen molar-refractivity contribution in [2.75, 3.05) is 39.0 Å². The molecule has 17 heavy (non-hydrogen) atoms. The Hall–Kier alpha value is -0.390. The Morgan fingerprint density at radius 2 is 1.88 bits per heavy atom. The van der Waals surface area contributed by atoms with E-state index in [-0.39, 0.29) is 0 Å². The van der Waals surface area contributed by atoms with Gasteiger partial charge in [-0.25, -0.2) is 8.42 Å². The Labute approximate surface area is 104 Å². The third-order valence-electron chi connectivity index (χ3n) is 3.69. The molecule has 5 heteroatoms. The molecule has 1 aliphatic carbocycles. The van der Waals surface area contributed by atoms with Crippen molar-refractivity contribution >= 4 is 10.0 Å². The molecule has 1 heterocycles. The van der Waals surface area contributed by atoms with Crippen LogP contribution >= 0.6 is 0 Å². The molecule has 0 aromatic heterocycles. The van der Waals surface area contributed by atoms with E-state index in [1.165, 1.54) is 25.5 Å². The van der Waals surface area contributed by atoms with Crippen LogP contribution in [0.3, 0.4) is 0 Å². The van der Waals surface area contributed by atoms with Crippen molar-refractivity contribution < 1.29 is 8.42 Å². The van der Waals surface area contributed by atoms with Gasteiger partial charge in [-0.1, -0.05) is 12.2 Å². The largest absolute Gasteiger partial charge is 0.300 e. The van der Waals surface area contributed by atoms with E-state index in [2.05, 4.69) is 17.1 Å². The summed E-state index contributed by atoms with van der Waals surface area (Å²) in [6.45, 7) is 4.20. The van der Waals surface area contributed by atoms with Gasteiger partial charge in [0.05, 0.1) is 6.26 Å². The van der Waals surface area contributed by atoms with Gasteiger partial charge in [0.15, 0.2) is 0 Å². The molecule has 0 amide bonds. The summed E-state index contributed by atoms with van der Waals surface area (Å²) in [6, 6.07) is 0. The Kier molecular flexibility index (Phi) is 4.22.